The quantitative estimate of drug-likeness (QED) is 0.117. The molecule has 0 heterocycles. The number of carbonyl (C=O) groups is 3. The minimum atomic E-state index is -4.39. The van der Waals surface area contributed by atoms with Crippen LogP contribution in [0, 0.1) is 6.92 Å². The van der Waals surface area contributed by atoms with Crippen molar-refractivity contribution >= 4 is 44.0 Å². The van der Waals surface area contributed by atoms with Gasteiger partial charge in [0.2, 0.25) is 4.32 Å². The average molecular weight is 601 g/mol. The van der Waals surface area contributed by atoms with Gasteiger partial charge in [-0.25, -0.2) is 14.4 Å². The van der Waals surface area contributed by atoms with E-state index in [2.05, 4.69) is 15.9 Å². The van der Waals surface area contributed by atoms with Crippen molar-refractivity contribution in [1.29, 1.82) is 0 Å². The molecule has 10 nitrogen and oxygen atoms in total. The highest BCUT2D eigenvalue weighted by molar-refractivity contribution is 9.10. The van der Waals surface area contributed by atoms with Gasteiger partial charge < -0.3 is 23.1 Å². The van der Waals surface area contributed by atoms with Gasteiger partial charge in [-0.3, -0.25) is 0 Å². The van der Waals surface area contributed by atoms with Crippen LogP contribution in [0.4, 0.5) is 0 Å². The van der Waals surface area contributed by atoms with Gasteiger partial charge in [0.1, 0.15) is 16.2 Å². The van der Waals surface area contributed by atoms with Crippen LogP contribution in [0.3, 0.4) is 0 Å². The minimum Gasteiger partial charge on any atom is -0.497 e. The highest BCUT2D eigenvalue weighted by Crippen LogP contribution is 2.37. The number of aryl methyl sites for hydroxylation is 1. The number of hydrogen-bond donors (Lipinski definition) is 0. The number of rotatable bonds is 12. The zero-order valence-corrected chi connectivity index (χ0v) is 23.6. The standard InChI is InChI=1S/C25H29BrO10S/c1-6-33-22(27)21-17(15-25(26,23(28)34-7-2)24(29)35-8-3)13-18(32-5)14-20(21)36-37(30,31)19-11-9-16(4)10-12-19/h9-14H,6-8,15H2,1-5H3. The van der Waals surface area contributed by atoms with Crippen LogP contribution in [0.2, 0.25) is 0 Å². The number of halogens is 1. The summed E-state index contributed by atoms with van der Waals surface area (Å²) >= 11 is 3.15. The van der Waals surface area contributed by atoms with Crippen molar-refractivity contribution in [3.05, 3.63) is 53.1 Å². The Kier molecular flexibility index (Phi) is 10.5. The Hall–Kier alpha value is -3.12. The Bertz CT molecular complexity index is 1220. The molecule has 0 spiro atoms. The van der Waals surface area contributed by atoms with E-state index < -0.39 is 44.5 Å². The molecule has 0 aliphatic carbocycles. The van der Waals surface area contributed by atoms with Gasteiger partial charge in [-0.2, -0.15) is 8.42 Å². The monoisotopic (exact) mass is 600 g/mol. The fraction of sp³-hybridized carbons (Fsp3) is 0.400. The van der Waals surface area contributed by atoms with E-state index >= 15 is 0 Å². The molecule has 0 aromatic heterocycles. The van der Waals surface area contributed by atoms with Crippen LogP contribution in [-0.2, 0) is 40.3 Å². The average Bonchev–Trinajstić information content (AvgIpc) is 2.84. The lowest BCUT2D eigenvalue weighted by Gasteiger charge is -2.25. The third kappa shape index (κ3) is 7.22. The van der Waals surface area contributed by atoms with E-state index in [1.807, 2.05) is 0 Å². The summed E-state index contributed by atoms with van der Waals surface area (Å²) in [5, 5.41) is 0. The van der Waals surface area contributed by atoms with E-state index in [-0.39, 0.29) is 41.6 Å². The number of esters is 3. The maximum atomic E-state index is 13.1. The third-order valence-electron chi connectivity index (χ3n) is 5.01. The zero-order chi connectivity index (χ0) is 27.8. The van der Waals surface area contributed by atoms with Crippen molar-refractivity contribution in [2.75, 3.05) is 26.9 Å². The van der Waals surface area contributed by atoms with Crippen molar-refractivity contribution in [1.82, 2.24) is 0 Å². The SMILES string of the molecule is CCOC(=O)c1c(CC(Br)(C(=O)OCC)C(=O)OCC)cc(OC)cc1OS(=O)(=O)c1ccc(C)cc1. The lowest BCUT2D eigenvalue weighted by atomic mass is 9.94. The molecule has 0 radical (unpaired) electrons. The third-order valence-corrected chi connectivity index (χ3v) is 7.19. The van der Waals surface area contributed by atoms with Crippen LogP contribution in [0.15, 0.2) is 41.3 Å². The van der Waals surface area contributed by atoms with Gasteiger partial charge in [-0.15, -0.1) is 0 Å². The number of ether oxygens (including phenoxy) is 4. The van der Waals surface area contributed by atoms with Gasteiger partial charge in [-0.05, 0) is 51.5 Å². The van der Waals surface area contributed by atoms with E-state index in [1.165, 1.54) is 31.4 Å². The lowest BCUT2D eigenvalue weighted by Crippen LogP contribution is -2.45. The summed E-state index contributed by atoms with van der Waals surface area (Å²) in [6.45, 7) is 6.39. The largest absolute Gasteiger partial charge is 0.497 e. The second-order valence-corrected chi connectivity index (χ2v) is 10.5. The summed E-state index contributed by atoms with van der Waals surface area (Å²) in [5.41, 5.74) is 0.544. The molecule has 0 amide bonds. The van der Waals surface area contributed by atoms with Gasteiger partial charge >= 0.3 is 28.0 Å². The Labute approximate surface area is 224 Å². The van der Waals surface area contributed by atoms with E-state index in [0.717, 1.165) is 5.56 Å². The fourth-order valence-corrected chi connectivity index (χ4v) is 4.72. The highest BCUT2D eigenvalue weighted by Gasteiger charge is 2.48. The molecule has 2 aromatic carbocycles. The van der Waals surface area contributed by atoms with Crippen LogP contribution in [0.1, 0.15) is 42.3 Å². The molecule has 12 heteroatoms. The highest BCUT2D eigenvalue weighted by atomic mass is 79.9. The van der Waals surface area contributed by atoms with Crippen molar-refractivity contribution < 1.29 is 45.9 Å². The van der Waals surface area contributed by atoms with Gasteiger partial charge in [-0.1, -0.05) is 33.6 Å². The predicted octanol–water partition coefficient (Wildman–Crippen LogP) is 3.75. The summed E-state index contributed by atoms with van der Waals surface area (Å²) in [4.78, 5) is 38.6. The molecule has 0 saturated carbocycles. The van der Waals surface area contributed by atoms with E-state index in [0.29, 0.717) is 0 Å². The summed E-state index contributed by atoms with van der Waals surface area (Å²) in [5.74, 6) is -3.16. The van der Waals surface area contributed by atoms with Crippen molar-refractivity contribution in [3.8, 4) is 11.5 Å². The van der Waals surface area contributed by atoms with Crippen LogP contribution in [0.25, 0.3) is 0 Å². The predicted molar refractivity (Wildman–Crippen MR) is 137 cm³/mol. The molecule has 0 bridgehead atoms. The van der Waals surface area contributed by atoms with Crippen molar-refractivity contribution in [2.24, 2.45) is 0 Å². The van der Waals surface area contributed by atoms with Gasteiger partial charge in [0.25, 0.3) is 0 Å². The van der Waals surface area contributed by atoms with Crippen LogP contribution in [-0.4, -0.2) is 57.6 Å². The van der Waals surface area contributed by atoms with E-state index in [9.17, 15) is 22.8 Å². The van der Waals surface area contributed by atoms with Crippen LogP contribution in [0.5, 0.6) is 11.5 Å². The lowest BCUT2D eigenvalue weighted by molar-refractivity contribution is -0.158. The summed E-state index contributed by atoms with van der Waals surface area (Å²) in [6, 6.07) is 8.48. The summed E-state index contributed by atoms with van der Waals surface area (Å²) < 4.78 is 50.0. The molecule has 202 valence electrons. The first-order valence-corrected chi connectivity index (χ1v) is 13.6. The molecule has 0 unspecified atom stereocenters. The zero-order valence-electron chi connectivity index (χ0n) is 21.2. The Morgan fingerprint density at radius 1 is 0.892 bits per heavy atom. The molecule has 0 N–H and O–H groups in total. The topological polar surface area (TPSA) is 132 Å². The molecule has 0 aliphatic rings. The van der Waals surface area contributed by atoms with E-state index in [1.54, 1.807) is 39.8 Å². The molecule has 0 fully saturated rings. The smallest absolute Gasteiger partial charge is 0.342 e. The first-order valence-electron chi connectivity index (χ1n) is 11.4. The van der Waals surface area contributed by atoms with E-state index in [4.69, 9.17) is 23.1 Å². The number of hydrogen-bond acceptors (Lipinski definition) is 10. The maximum absolute atomic E-state index is 13.1. The minimum absolute atomic E-state index is 0.0184. The number of carbonyl (C=O) groups excluding carboxylic acids is 3. The second-order valence-electron chi connectivity index (χ2n) is 7.65. The normalized spacial score (nSPS) is 11.4. The van der Waals surface area contributed by atoms with Crippen molar-refractivity contribution in [2.45, 2.75) is 43.3 Å². The molecular formula is C25H29BrO10S. The number of methoxy groups -OCH3 is 1. The first-order chi connectivity index (χ1) is 17.4. The molecule has 0 saturated heterocycles. The van der Waals surface area contributed by atoms with Gasteiger partial charge in [0.15, 0.2) is 5.75 Å². The fourth-order valence-electron chi connectivity index (χ4n) is 3.26. The Morgan fingerprint density at radius 2 is 1.43 bits per heavy atom. The molecule has 37 heavy (non-hydrogen) atoms. The van der Waals surface area contributed by atoms with Crippen LogP contribution >= 0.6 is 15.9 Å². The molecule has 0 aliphatic heterocycles. The summed E-state index contributed by atoms with van der Waals surface area (Å²) in [7, 11) is -3.08. The van der Waals surface area contributed by atoms with Crippen molar-refractivity contribution in [3.63, 3.8) is 0 Å². The first kappa shape index (κ1) is 30.1. The molecule has 2 aromatic rings. The molecule has 0 atom stereocenters. The van der Waals surface area contributed by atoms with Gasteiger partial charge in [0.05, 0.1) is 26.9 Å². The number of benzene rings is 2. The summed E-state index contributed by atoms with van der Waals surface area (Å²) in [6.07, 6.45) is -0.475. The Morgan fingerprint density at radius 3 is 1.92 bits per heavy atom. The number of alkyl halides is 1. The van der Waals surface area contributed by atoms with Gasteiger partial charge in [0, 0.05) is 12.5 Å². The Balaban J connectivity index is 2.74. The van der Waals surface area contributed by atoms with Crippen LogP contribution < -0.4 is 8.92 Å². The molecule has 2 rings (SSSR count). The molecular weight excluding hydrogens is 572 g/mol. The maximum Gasteiger partial charge on any atom is 0.342 e. The second kappa shape index (κ2) is 12.9.